The third kappa shape index (κ3) is 4.88. The summed E-state index contributed by atoms with van der Waals surface area (Å²) >= 11 is 6.88. The predicted molar refractivity (Wildman–Crippen MR) is 138 cm³/mol. The van der Waals surface area contributed by atoms with Gasteiger partial charge in [-0.2, -0.15) is 13.2 Å². The number of piperidine rings is 1. The third-order valence-corrected chi connectivity index (χ3v) is 8.10. The van der Waals surface area contributed by atoms with Crippen LogP contribution in [0, 0.1) is 0 Å². The van der Waals surface area contributed by atoms with Gasteiger partial charge in [0.15, 0.2) is 0 Å². The number of aromatic nitrogens is 1. The lowest BCUT2D eigenvalue weighted by Crippen LogP contribution is -2.54. The maximum absolute atomic E-state index is 13.2. The number of benzene rings is 2. The highest BCUT2D eigenvalue weighted by atomic mass is 35.5. The number of amides is 6. The molecule has 40 heavy (non-hydrogen) atoms. The van der Waals surface area contributed by atoms with Crippen LogP contribution in [0.15, 0.2) is 30.3 Å². The summed E-state index contributed by atoms with van der Waals surface area (Å²) in [6, 6.07) is 4.25. The molecule has 3 aromatic rings. The second-order valence-electron chi connectivity index (χ2n) is 9.73. The molecule has 0 saturated carbocycles. The molecule has 3 heterocycles. The van der Waals surface area contributed by atoms with Gasteiger partial charge in [-0.3, -0.25) is 29.4 Å². The minimum absolute atomic E-state index is 0.00816. The molecule has 6 amide bonds. The molecule has 2 aliphatic heterocycles. The van der Waals surface area contributed by atoms with Crippen molar-refractivity contribution in [1.29, 1.82) is 0 Å². The van der Waals surface area contributed by atoms with Crippen LogP contribution in [-0.2, 0) is 21.3 Å². The smallest absolute Gasteiger partial charge is 0.326 e. The summed E-state index contributed by atoms with van der Waals surface area (Å²) in [5.41, 5.74) is -1.85. The molecular formula is C25H19ClF3N5O5S. The van der Waals surface area contributed by atoms with E-state index in [0.717, 1.165) is 22.3 Å². The van der Waals surface area contributed by atoms with E-state index in [1.807, 2.05) is 0 Å². The Bertz CT molecular complexity index is 1640. The number of carbonyl (C=O) groups is 5. The number of nitrogens with one attached hydrogen (secondary N) is 3. The highest BCUT2D eigenvalue weighted by Gasteiger charge is 2.44. The Kier molecular flexibility index (Phi) is 6.57. The molecule has 0 bridgehead atoms. The van der Waals surface area contributed by atoms with E-state index < -0.39 is 58.0 Å². The van der Waals surface area contributed by atoms with Crippen molar-refractivity contribution >= 4 is 68.5 Å². The maximum Gasteiger partial charge on any atom is 0.417 e. The van der Waals surface area contributed by atoms with Gasteiger partial charge in [-0.1, -0.05) is 11.6 Å². The topological polar surface area (TPSA) is 138 Å². The molecule has 208 valence electrons. The molecule has 5 rings (SSSR count). The van der Waals surface area contributed by atoms with E-state index in [4.69, 9.17) is 11.6 Å². The summed E-state index contributed by atoms with van der Waals surface area (Å²) in [4.78, 5) is 67.4. The summed E-state index contributed by atoms with van der Waals surface area (Å²) in [6.45, 7) is 3.22. The van der Waals surface area contributed by atoms with Gasteiger partial charge in [-0.05, 0) is 50.6 Å². The molecule has 0 spiro atoms. The lowest BCUT2D eigenvalue weighted by Gasteiger charge is -2.27. The largest absolute Gasteiger partial charge is 0.417 e. The van der Waals surface area contributed by atoms with E-state index in [2.05, 4.69) is 20.9 Å². The van der Waals surface area contributed by atoms with Crippen molar-refractivity contribution in [2.75, 3.05) is 5.32 Å². The van der Waals surface area contributed by atoms with Gasteiger partial charge in [0.05, 0.1) is 37.5 Å². The van der Waals surface area contributed by atoms with E-state index in [0.29, 0.717) is 9.71 Å². The molecule has 10 nitrogen and oxygen atoms in total. The monoisotopic (exact) mass is 593 g/mol. The first kappa shape index (κ1) is 27.5. The molecule has 15 heteroatoms. The molecule has 1 aromatic heterocycles. The number of imide groups is 2. The van der Waals surface area contributed by atoms with Crippen molar-refractivity contribution in [3.05, 3.63) is 57.1 Å². The van der Waals surface area contributed by atoms with Crippen LogP contribution < -0.4 is 16.0 Å². The van der Waals surface area contributed by atoms with Crippen LogP contribution in [0.5, 0.6) is 0 Å². The van der Waals surface area contributed by atoms with Crippen molar-refractivity contribution in [1.82, 2.24) is 20.5 Å². The predicted octanol–water partition coefficient (Wildman–Crippen LogP) is 4.43. The molecule has 1 saturated heterocycles. The number of thiazole rings is 1. The molecule has 1 fully saturated rings. The quantitative estimate of drug-likeness (QED) is 0.383. The summed E-state index contributed by atoms with van der Waals surface area (Å²) < 4.78 is 40.1. The van der Waals surface area contributed by atoms with Crippen LogP contribution in [0.3, 0.4) is 0 Å². The van der Waals surface area contributed by atoms with Crippen LogP contribution >= 0.6 is 22.9 Å². The van der Waals surface area contributed by atoms with Crippen LogP contribution in [0.1, 0.15) is 58.0 Å². The number of anilines is 1. The summed E-state index contributed by atoms with van der Waals surface area (Å²) in [5, 5.41) is 7.24. The van der Waals surface area contributed by atoms with Crippen LogP contribution in [0.2, 0.25) is 5.02 Å². The Morgan fingerprint density at radius 1 is 1.10 bits per heavy atom. The van der Waals surface area contributed by atoms with Gasteiger partial charge in [0, 0.05) is 12.1 Å². The van der Waals surface area contributed by atoms with Gasteiger partial charge in [-0.25, -0.2) is 9.78 Å². The number of carbonyl (C=O) groups excluding carboxylic acids is 5. The van der Waals surface area contributed by atoms with Gasteiger partial charge in [0.2, 0.25) is 11.8 Å². The van der Waals surface area contributed by atoms with Crippen molar-refractivity contribution < 1.29 is 37.1 Å². The lowest BCUT2D eigenvalue weighted by atomic mass is 10.0. The number of urea groups is 1. The summed E-state index contributed by atoms with van der Waals surface area (Å²) in [7, 11) is 0. The van der Waals surface area contributed by atoms with Gasteiger partial charge >= 0.3 is 12.2 Å². The minimum Gasteiger partial charge on any atom is -0.326 e. The Morgan fingerprint density at radius 2 is 1.80 bits per heavy atom. The fraction of sp³-hybridized carbons (Fsp3) is 0.280. The first-order valence-electron chi connectivity index (χ1n) is 11.8. The van der Waals surface area contributed by atoms with Gasteiger partial charge < -0.3 is 10.6 Å². The number of hydrogen-bond acceptors (Lipinski definition) is 7. The standard InChI is InChI=1S/C25H19ClF3N5O5S/c1-24(2,22-31-15-8-13(25(27,28)29)14(26)9-17(15)40-22)33-23(39)30-10-3-4-11-12(7-10)21(38)34(20(11)37)16-5-6-18(35)32-19(16)36/h3-4,7-9,16H,5-6H2,1-2H3,(H2,30,33,39)(H,32,35,36). The van der Waals surface area contributed by atoms with E-state index in [1.54, 1.807) is 13.8 Å². The number of nitrogens with zero attached hydrogens (tertiary/aromatic N) is 2. The SMILES string of the molecule is CC(C)(NC(=O)Nc1ccc2c(c1)C(=O)N(C1CCC(=O)NC1=O)C2=O)c1nc2cc(C(F)(F)F)c(Cl)cc2s1. The summed E-state index contributed by atoms with van der Waals surface area (Å²) in [6.07, 6.45) is -4.66. The van der Waals surface area contributed by atoms with Gasteiger partial charge in [0.25, 0.3) is 11.8 Å². The molecular weight excluding hydrogens is 575 g/mol. The Hall–Kier alpha value is -4.04. The molecule has 2 aliphatic rings. The zero-order chi connectivity index (χ0) is 29.1. The maximum atomic E-state index is 13.2. The van der Waals surface area contributed by atoms with Crippen molar-refractivity contribution in [3.63, 3.8) is 0 Å². The molecule has 1 atom stereocenters. The minimum atomic E-state index is -4.65. The van der Waals surface area contributed by atoms with Crippen molar-refractivity contribution in [2.24, 2.45) is 0 Å². The fourth-order valence-corrected chi connectivity index (χ4v) is 5.86. The fourth-order valence-electron chi connectivity index (χ4n) is 4.48. The number of fused-ring (bicyclic) bond motifs is 2. The highest BCUT2D eigenvalue weighted by Crippen LogP contribution is 2.39. The first-order chi connectivity index (χ1) is 18.7. The Balaban J connectivity index is 1.32. The molecule has 0 radical (unpaired) electrons. The lowest BCUT2D eigenvalue weighted by molar-refractivity contribution is -0.138. The zero-order valence-corrected chi connectivity index (χ0v) is 22.3. The van der Waals surface area contributed by atoms with Crippen LogP contribution in [0.4, 0.5) is 23.7 Å². The molecule has 2 aromatic carbocycles. The normalized spacial score (nSPS) is 17.8. The number of halogens is 4. The van der Waals surface area contributed by atoms with Gasteiger partial charge in [-0.15, -0.1) is 11.3 Å². The number of rotatable bonds is 4. The first-order valence-corrected chi connectivity index (χ1v) is 13.0. The number of hydrogen-bond donors (Lipinski definition) is 3. The van der Waals surface area contributed by atoms with Crippen molar-refractivity contribution in [3.8, 4) is 0 Å². The van der Waals surface area contributed by atoms with E-state index >= 15 is 0 Å². The second-order valence-corrected chi connectivity index (χ2v) is 11.2. The second kappa shape index (κ2) is 9.55. The van der Waals surface area contributed by atoms with E-state index in [-0.39, 0.29) is 35.2 Å². The van der Waals surface area contributed by atoms with E-state index in [1.165, 1.54) is 24.3 Å². The van der Waals surface area contributed by atoms with E-state index in [9.17, 15) is 37.1 Å². The number of alkyl halides is 3. The molecule has 0 aliphatic carbocycles. The van der Waals surface area contributed by atoms with Crippen LogP contribution in [-0.4, -0.2) is 45.6 Å². The molecule has 3 N–H and O–H groups in total. The Morgan fingerprint density at radius 3 is 2.48 bits per heavy atom. The van der Waals surface area contributed by atoms with Gasteiger partial charge in [0.1, 0.15) is 11.0 Å². The summed E-state index contributed by atoms with van der Waals surface area (Å²) in [5.74, 6) is -2.64. The third-order valence-electron chi connectivity index (χ3n) is 6.44. The zero-order valence-electron chi connectivity index (χ0n) is 20.7. The Labute approximate surface area is 232 Å². The molecule has 1 unspecified atom stereocenters. The van der Waals surface area contributed by atoms with Crippen molar-refractivity contribution in [2.45, 2.75) is 44.4 Å². The van der Waals surface area contributed by atoms with Crippen LogP contribution in [0.25, 0.3) is 10.2 Å². The average Bonchev–Trinajstić information content (AvgIpc) is 3.37. The highest BCUT2D eigenvalue weighted by molar-refractivity contribution is 7.18. The average molecular weight is 594 g/mol.